The smallest absolute Gasteiger partial charge is 0.263 e. The quantitative estimate of drug-likeness (QED) is 0.503. The number of fused-ring (bicyclic) bond motifs is 1. The third-order valence-corrected chi connectivity index (χ3v) is 7.32. The maximum atomic E-state index is 13.1. The van der Waals surface area contributed by atoms with E-state index in [1.807, 2.05) is 18.7 Å². The van der Waals surface area contributed by atoms with Crippen LogP contribution in [0.2, 0.25) is 0 Å². The van der Waals surface area contributed by atoms with Gasteiger partial charge in [0, 0.05) is 24.5 Å². The molecule has 3 rings (SSSR count). The Kier molecular flexibility index (Phi) is 7.17. The number of hydrogen-bond donors (Lipinski definition) is 0. The monoisotopic (exact) mass is 423 g/mol. The zero-order valence-corrected chi connectivity index (χ0v) is 18.8. The molecule has 3 heterocycles. The number of nitrogens with zero attached hydrogens (tertiary/aromatic N) is 3. The number of carbonyl (C=O) groups excluding carboxylic acids is 1. The van der Waals surface area contributed by atoms with Crippen LogP contribution in [-0.4, -0.2) is 51.9 Å². The molecule has 1 unspecified atom stereocenters. The summed E-state index contributed by atoms with van der Waals surface area (Å²) in [6.07, 6.45) is 2.94. The third kappa shape index (κ3) is 4.44. The van der Waals surface area contributed by atoms with Gasteiger partial charge in [-0.25, -0.2) is 4.98 Å². The van der Waals surface area contributed by atoms with Crippen LogP contribution in [0.25, 0.3) is 10.2 Å². The number of unbranched alkanes of at least 4 members (excludes halogenated alkanes) is 1. The highest BCUT2D eigenvalue weighted by atomic mass is 32.2. The van der Waals surface area contributed by atoms with Gasteiger partial charge in [-0.3, -0.25) is 14.2 Å². The van der Waals surface area contributed by atoms with E-state index in [9.17, 15) is 9.59 Å². The molecule has 1 aliphatic heterocycles. The molecule has 2 aromatic rings. The van der Waals surface area contributed by atoms with Crippen molar-refractivity contribution >= 4 is 39.2 Å². The minimum atomic E-state index is 0.0210. The van der Waals surface area contributed by atoms with Crippen molar-refractivity contribution in [3.63, 3.8) is 0 Å². The summed E-state index contributed by atoms with van der Waals surface area (Å²) < 4.78 is 7.42. The lowest BCUT2D eigenvalue weighted by Crippen LogP contribution is -2.46. The second-order valence-electron chi connectivity index (χ2n) is 7.20. The summed E-state index contributed by atoms with van der Waals surface area (Å²) in [6.45, 7) is 10.7. The van der Waals surface area contributed by atoms with Crippen LogP contribution >= 0.6 is 23.1 Å². The van der Waals surface area contributed by atoms with Crippen LogP contribution in [-0.2, 0) is 16.1 Å². The molecule has 0 saturated carbocycles. The van der Waals surface area contributed by atoms with Gasteiger partial charge < -0.3 is 9.64 Å². The zero-order valence-electron chi connectivity index (χ0n) is 17.1. The van der Waals surface area contributed by atoms with E-state index in [2.05, 4.69) is 13.8 Å². The van der Waals surface area contributed by atoms with E-state index in [1.165, 1.54) is 11.8 Å². The standard InChI is InChI=1S/C20H29N3O3S2/c1-5-7-8-23-19(25)17-13(3)14(4)28-18(17)21-20(23)27-12-16(24)22-9-10-26-15(6-2)11-22/h15H,5-12H2,1-4H3. The van der Waals surface area contributed by atoms with Crippen LogP contribution in [0.15, 0.2) is 9.95 Å². The molecule has 1 fully saturated rings. The van der Waals surface area contributed by atoms with Crippen LogP contribution < -0.4 is 5.56 Å². The molecule has 0 aromatic carbocycles. The van der Waals surface area contributed by atoms with Crippen molar-refractivity contribution in [3.05, 3.63) is 20.8 Å². The Morgan fingerprint density at radius 1 is 1.36 bits per heavy atom. The van der Waals surface area contributed by atoms with E-state index >= 15 is 0 Å². The number of thiophene rings is 1. The largest absolute Gasteiger partial charge is 0.375 e. The minimum absolute atomic E-state index is 0.0210. The van der Waals surface area contributed by atoms with Crippen molar-refractivity contribution in [2.75, 3.05) is 25.4 Å². The minimum Gasteiger partial charge on any atom is -0.375 e. The lowest BCUT2D eigenvalue weighted by molar-refractivity contribution is -0.135. The molecule has 0 spiro atoms. The molecule has 8 heteroatoms. The van der Waals surface area contributed by atoms with E-state index in [0.717, 1.165) is 39.9 Å². The fourth-order valence-corrected chi connectivity index (χ4v) is 5.34. The molecular weight excluding hydrogens is 394 g/mol. The Balaban J connectivity index is 1.83. The molecule has 28 heavy (non-hydrogen) atoms. The number of ether oxygens (including phenoxy) is 1. The van der Waals surface area contributed by atoms with Crippen molar-refractivity contribution in [3.8, 4) is 0 Å². The summed E-state index contributed by atoms with van der Waals surface area (Å²) in [5.41, 5.74) is 1.04. The average molecular weight is 424 g/mol. The summed E-state index contributed by atoms with van der Waals surface area (Å²) in [5, 5.41) is 1.38. The normalized spacial score (nSPS) is 17.4. The molecule has 0 N–H and O–H groups in total. The summed E-state index contributed by atoms with van der Waals surface area (Å²) in [7, 11) is 0. The summed E-state index contributed by atoms with van der Waals surface area (Å²) in [5.74, 6) is 0.380. The molecule has 0 bridgehead atoms. The van der Waals surface area contributed by atoms with Crippen LogP contribution in [0.1, 0.15) is 43.6 Å². The second kappa shape index (κ2) is 9.41. The van der Waals surface area contributed by atoms with Crippen molar-refractivity contribution in [2.24, 2.45) is 0 Å². The van der Waals surface area contributed by atoms with Gasteiger partial charge in [0.05, 0.1) is 23.8 Å². The first-order valence-electron chi connectivity index (χ1n) is 9.98. The summed E-state index contributed by atoms with van der Waals surface area (Å²) in [6, 6.07) is 0. The Bertz CT molecular complexity index is 906. The Morgan fingerprint density at radius 2 is 2.14 bits per heavy atom. The molecule has 2 aromatic heterocycles. The van der Waals surface area contributed by atoms with Crippen molar-refractivity contribution in [1.29, 1.82) is 0 Å². The molecule has 0 radical (unpaired) electrons. The molecule has 1 saturated heterocycles. The Morgan fingerprint density at radius 3 is 2.86 bits per heavy atom. The molecular formula is C20H29N3O3S2. The van der Waals surface area contributed by atoms with Gasteiger partial charge in [0.15, 0.2) is 5.16 Å². The van der Waals surface area contributed by atoms with E-state index in [1.54, 1.807) is 15.9 Å². The highest BCUT2D eigenvalue weighted by Gasteiger charge is 2.24. The van der Waals surface area contributed by atoms with Gasteiger partial charge in [-0.15, -0.1) is 11.3 Å². The average Bonchev–Trinajstić information content (AvgIpc) is 2.99. The van der Waals surface area contributed by atoms with Crippen molar-refractivity contribution in [1.82, 2.24) is 14.5 Å². The van der Waals surface area contributed by atoms with Gasteiger partial charge in [-0.2, -0.15) is 0 Å². The number of morpholine rings is 1. The van der Waals surface area contributed by atoms with Crippen LogP contribution in [0.3, 0.4) is 0 Å². The number of carbonyl (C=O) groups is 1. The maximum Gasteiger partial charge on any atom is 0.263 e. The highest BCUT2D eigenvalue weighted by molar-refractivity contribution is 7.99. The van der Waals surface area contributed by atoms with Gasteiger partial charge in [0.25, 0.3) is 5.56 Å². The first-order chi connectivity index (χ1) is 13.5. The topological polar surface area (TPSA) is 64.4 Å². The van der Waals surface area contributed by atoms with Gasteiger partial charge in [0.2, 0.25) is 5.91 Å². The second-order valence-corrected chi connectivity index (χ2v) is 9.34. The summed E-state index contributed by atoms with van der Waals surface area (Å²) in [4.78, 5) is 34.4. The Hall–Kier alpha value is -1.38. The lowest BCUT2D eigenvalue weighted by atomic mass is 10.2. The van der Waals surface area contributed by atoms with E-state index in [0.29, 0.717) is 37.2 Å². The highest BCUT2D eigenvalue weighted by Crippen LogP contribution is 2.28. The van der Waals surface area contributed by atoms with Crippen molar-refractivity contribution in [2.45, 2.75) is 64.8 Å². The molecule has 1 amide bonds. The predicted molar refractivity (Wildman–Crippen MR) is 116 cm³/mol. The van der Waals surface area contributed by atoms with Gasteiger partial charge >= 0.3 is 0 Å². The fourth-order valence-electron chi connectivity index (χ4n) is 3.34. The number of thioether (sulfide) groups is 1. The number of aromatic nitrogens is 2. The van der Waals surface area contributed by atoms with Gasteiger partial charge in [-0.1, -0.05) is 32.0 Å². The summed E-state index contributed by atoms with van der Waals surface area (Å²) >= 11 is 2.93. The number of rotatable bonds is 7. The number of hydrogen-bond acceptors (Lipinski definition) is 6. The SMILES string of the molecule is CCCCn1c(SCC(=O)N2CCOC(CC)C2)nc2sc(C)c(C)c2c1=O. The Labute approximate surface area is 174 Å². The molecule has 6 nitrogen and oxygen atoms in total. The number of aryl methyl sites for hydroxylation is 2. The lowest BCUT2D eigenvalue weighted by Gasteiger charge is -2.32. The fraction of sp³-hybridized carbons (Fsp3) is 0.650. The van der Waals surface area contributed by atoms with E-state index < -0.39 is 0 Å². The molecule has 0 aliphatic carbocycles. The van der Waals surface area contributed by atoms with Crippen LogP contribution in [0.5, 0.6) is 0 Å². The molecule has 1 aliphatic rings. The van der Waals surface area contributed by atoms with E-state index in [4.69, 9.17) is 9.72 Å². The van der Waals surface area contributed by atoms with Gasteiger partial charge in [0.1, 0.15) is 4.83 Å². The molecule has 154 valence electrons. The van der Waals surface area contributed by atoms with Crippen LogP contribution in [0.4, 0.5) is 0 Å². The first-order valence-corrected chi connectivity index (χ1v) is 11.8. The third-order valence-electron chi connectivity index (χ3n) is 5.26. The number of amides is 1. The predicted octanol–water partition coefficient (Wildman–Crippen LogP) is 3.60. The first kappa shape index (κ1) is 21.3. The maximum absolute atomic E-state index is 13.1. The zero-order chi connectivity index (χ0) is 20.3. The van der Waals surface area contributed by atoms with Gasteiger partial charge in [-0.05, 0) is 32.3 Å². The molecule has 1 atom stereocenters. The van der Waals surface area contributed by atoms with Crippen molar-refractivity contribution < 1.29 is 9.53 Å². The van der Waals surface area contributed by atoms with Crippen LogP contribution in [0, 0.1) is 13.8 Å². The van der Waals surface area contributed by atoms with E-state index in [-0.39, 0.29) is 17.6 Å².